The van der Waals surface area contributed by atoms with Gasteiger partial charge < -0.3 is 14.0 Å². The lowest BCUT2D eigenvalue weighted by Gasteiger charge is -2.32. The van der Waals surface area contributed by atoms with Crippen molar-refractivity contribution < 1.29 is 14.0 Å². The van der Waals surface area contributed by atoms with Crippen LogP contribution in [0.5, 0.6) is 5.75 Å². The number of hydrogen-bond acceptors (Lipinski definition) is 3. The molecule has 21 heavy (non-hydrogen) atoms. The highest BCUT2D eigenvalue weighted by atomic mass is 35.5. The quantitative estimate of drug-likeness (QED) is 0.796. The van der Waals surface area contributed by atoms with E-state index in [1.807, 2.05) is 60.6 Å². The summed E-state index contributed by atoms with van der Waals surface area (Å²) in [5.74, 6) is 0.658. The minimum atomic E-state index is -0.471. The fraction of sp³-hybridized carbons (Fsp3) is 0.625. The second-order valence-electron chi connectivity index (χ2n) is 6.87. The molecule has 1 aromatic rings. The van der Waals surface area contributed by atoms with Gasteiger partial charge in [0.15, 0.2) is 0 Å². The summed E-state index contributed by atoms with van der Waals surface area (Å²) in [4.78, 5) is 0. The van der Waals surface area contributed by atoms with Gasteiger partial charge in [0.05, 0.1) is 22.3 Å². The lowest BCUT2D eigenvalue weighted by atomic mass is 9.78. The van der Waals surface area contributed by atoms with Gasteiger partial charge in [0.2, 0.25) is 0 Å². The molecule has 1 aromatic carbocycles. The van der Waals surface area contributed by atoms with Crippen LogP contribution in [0.1, 0.15) is 47.1 Å². The zero-order valence-electron chi connectivity index (χ0n) is 13.9. The van der Waals surface area contributed by atoms with Gasteiger partial charge in [-0.05, 0) is 54.0 Å². The first-order chi connectivity index (χ1) is 9.55. The van der Waals surface area contributed by atoms with Crippen molar-refractivity contribution in [2.75, 3.05) is 0 Å². The first-order valence-electron chi connectivity index (χ1n) is 7.36. The standard InChI is InChI=1S/C16H24BClO3/c1-10(2)19-14-12(9-8-11(3)13(14)18)17-20-15(4,5)16(6,7)21-17/h8-10H,1-7H3. The molecule has 0 N–H and O–H groups in total. The van der Waals surface area contributed by atoms with Crippen molar-refractivity contribution in [3.63, 3.8) is 0 Å². The third kappa shape index (κ3) is 3.08. The van der Waals surface area contributed by atoms with Crippen LogP contribution in [0.3, 0.4) is 0 Å². The van der Waals surface area contributed by atoms with Crippen LogP contribution < -0.4 is 10.2 Å². The van der Waals surface area contributed by atoms with E-state index >= 15 is 0 Å². The number of halogens is 1. The summed E-state index contributed by atoms with van der Waals surface area (Å²) in [6.45, 7) is 14.1. The number of ether oxygens (including phenoxy) is 1. The van der Waals surface area contributed by atoms with Gasteiger partial charge in [-0.1, -0.05) is 23.7 Å². The second kappa shape index (κ2) is 5.49. The van der Waals surface area contributed by atoms with Crippen molar-refractivity contribution in [2.45, 2.75) is 65.8 Å². The van der Waals surface area contributed by atoms with Gasteiger partial charge in [0.1, 0.15) is 5.75 Å². The normalized spacial score (nSPS) is 20.1. The van der Waals surface area contributed by atoms with Crippen molar-refractivity contribution in [1.82, 2.24) is 0 Å². The SMILES string of the molecule is Cc1ccc(B2OC(C)(C)C(C)(C)O2)c(OC(C)C)c1Cl. The molecule has 0 saturated carbocycles. The van der Waals surface area contributed by atoms with Crippen molar-refractivity contribution in [3.05, 3.63) is 22.7 Å². The summed E-state index contributed by atoms with van der Waals surface area (Å²) in [7, 11) is -0.471. The number of benzene rings is 1. The highest BCUT2D eigenvalue weighted by Gasteiger charge is 2.52. The lowest BCUT2D eigenvalue weighted by molar-refractivity contribution is 0.00578. The van der Waals surface area contributed by atoms with Gasteiger partial charge in [0, 0.05) is 5.46 Å². The largest absolute Gasteiger partial charge is 0.498 e. The van der Waals surface area contributed by atoms with Crippen LogP contribution in [0.25, 0.3) is 0 Å². The molecule has 1 aliphatic rings. The van der Waals surface area contributed by atoms with Crippen LogP contribution in [0.15, 0.2) is 12.1 Å². The summed E-state index contributed by atoms with van der Waals surface area (Å²) in [5.41, 5.74) is 1.05. The molecule has 1 fully saturated rings. The predicted octanol–water partition coefficient (Wildman–Crippen LogP) is 3.73. The average Bonchev–Trinajstić information content (AvgIpc) is 2.54. The zero-order chi connectivity index (χ0) is 16.0. The van der Waals surface area contributed by atoms with Gasteiger partial charge >= 0.3 is 7.12 Å². The second-order valence-corrected chi connectivity index (χ2v) is 7.25. The minimum absolute atomic E-state index is 0.0328. The minimum Gasteiger partial charge on any atom is -0.490 e. The van der Waals surface area contributed by atoms with Crippen LogP contribution in [0.4, 0.5) is 0 Å². The van der Waals surface area contributed by atoms with Crippen molar-refractivity contribution in [3.8, 4) is 5.75 Å². The van der Waals surface area contributed by atoms with Crippen LogP contribution in [-0.4, -0.2) is 24.4 Å². The summed E-state index contributed by atoms with van der Waals surface area (Å²) in [6.07, 6.45) is 0.0328. The molecule has 0 aliphatic carbocycles. The Bertz CT molecular complexity index is 525. The summed E-state index contributed by atoms with van der Waals surface area (Å²) in [6, 6.07) is 3.94. The monoisotopic (exact) mass is 310 g/mol. The Morgan fingerprint density at radius 3 is 2.10 bits per heavy atom. The smallest absolute Gasteiger partial charge is 0.490 e. The van der Waals surface area contributed by atoms with E-state index < -0.39 is 7.12 Å². The Kier molecular flexibility index (Phi) is 4.36. The van der Waals surface area contributed by atoms with E-state index in [1.54, 1.807) is 0 Å². The Morgan fingerprint density at radius 2 is 1.62 bits per heavy atom. The highest BCUT2D eigenvalue weighted by Crippen LogP contribution is 2.38. The lowest BCUT2D eigenvalue weighted by Crippen LogP contribution is -2.41. The van der Waals surface area contributed by atoms with Gasteiger partial charge in [-0.2, -0.15) is 0 Å². The zero-order valence-corrected chi connectivity index (χ0v) is 14.7. The molecule has 0 radical (unpaired) electrons. The molecule has 1 saturated heterocycles. The first kappa shape index (κ1) is 16.7. The van der Waals surface area contributed by atoms with E-state index in [-0.39, 0.29) is 17.3 Å². The van der Waals surface area contributed by atoms with Crippen LogP contribution >= 0.6 is 11.6 Å². The molecular formula is C16H24BClO3. The fourth-order valence-electron chi connectivity index (χ4n) is 2.18. The molecule has 0 unspecified atom stereocenters. The summed E-state index contributed by atoms with van der Waals surface area (Å²) >= 11 is 6.43. The topological polar surface area (TPSA) is 27.7 Å². The van der Waals surface area contributed by atoms with E-state index in [9.17, 15) is 0 Å². The Labute approximate surface area is 133 Å². The molecule has 1 aliphatic heterocycles. The van der Waals surface area contributed by atoms with E-state index in [1.165, 1.54) is 0 Å². The molecule has 1 heterocycles. The van der Waals surface area contributed by atoms with E-state index in [4.69, 9.17) is 25.6 Å². The van der Waals surface area contributed by atoms with Crippen molar-refractivity contribution in [1.29, 1.82) is 0 Å². The van der Waals surface area contributed by atoms with Gasteiger partial charge in [0.25, 0.3) is 0 Å². The summed E-state index contributed by atoms with van der Waals surface area (Å²) in [5, 5.41) is 0.621. The maximum atomic E-state index is 6.43. The maximum absolute atomic E-state index is 6.43. The fourth-order valence-corrected chi connectivity index (χ4v) is 2.40. The van der Waals surface area contributed by atoms with Crippen molar-refractivity contribution >= 4 is 24.2 Å². The third-order valence-corrected chi connectivity index (χ3v) is 4.65. The van der Waals surface area contributed by atoms with Crippen LogP contribution in [0, 0.1) is 6.92 Å². The Hall–Kier alpha value is -0.705. The molecule has 0 atom stereocenters. The van der Waals surface area contributed by atoms with Crippen LogP contribution in [0.2, 0.25) is 5.02 Å². The van der Waals surface area contributed by atoms with Gasteiger partial charge in [-0.15, -0.1) is 0 Å². The predicted molar refractivity (Wildman–Crippen MR) is 87.7 cm³/mol. The Morgan fingerprint density at radius 1 is 1.10 bits per heavy atom. The average molecular weight is 311 g/mol. The van der Waals surface area contributed by atoms with E-state index in [0.29, 0.717) is 10.8 Å². The van der Waals surface area contributed by atoms with Gasteiger partial charge in [-0.25, -0.2) is 0 Å². The molecule has 0 amide bonds. The van der Waals surface area contributed by atoms with Crippen molar-refractivity contribution in [2.24, 2.45) is 0 Å². The van der Waals surface area contributed by atoms with E-state index in [0.717, 1.165) is 11.0 Å². The van der Waals surface area contributed by atoms with Gasteiger partial charge in [-0.3, -0.25) is 0 Å². The number of rotatable bonds is 3. The molecule has 0 aromatic heterocycles. The molecule has 0 bridgehead atoms. The molecule has 2 rings (SSSR count). The molecular weight excluding hydrogens is 286 g/mol. The molecule has 0 spiro atoms. The number of aryl methyl sites for hydroxylation is 1. The molecule has 3 nitrogen and oxygen atoms in total. The van der Waals surface area contributed by atoms with Crippen LogP contribution in [-0.2, 0) is 9.31 Å². The molecule has 5 heteroatoms. The maximum Gasteiger partial charge on any atom is 0.498 e. The number of hydrogen-bond donors (Lipinski definition) is 0. The molecule has 116 valence electrons. The van der Waals surface area contributed by atoms with E-state index in [2.05, 4.69) is 0 Å². The Balaban J connectivity index is 2.44. The third-order valence-electron chi connectivity index (χ3n) is 4.18. The summed E-state index contributed by atoms with van der Waals surface area (Å²) < 4.78 is 18.1. The highest BCUT2D eigenvalue weighted by molar-refractivity contribution is 6.63. The first-order valence-corrected chi connectivity index (χ1v) is 7.74.